The van der Waals surface area contributed by atoms with E-state index in [0.717, 1.165) is 19.4 Å². The number of urea groups is 1. The van der Waals surface area contributed by atoms with E-state index in [9.17, 15) is 4.79 Å². The zero-order valence-corrected chi connectivity index (χ0v) is 12.0. The molecule has 20 heavy (non-hydrogen) atoms. The fraction of sp³-hybridized carbons (Fsp3) is 0.571. The van der Waals surface area contributed by atoms with Crippen LogP contribution in [0.5, 0.6) is 5.88 Å². The molecule has 1 aromatic rings. The van der Waals surface area contributed by atoms with Crippen LogP contribution in [0.3, 0.4) is 0 Å². The summed E-state index contributed by atoms with van der Waals surface area (Å²) < 4.78 is 10.6. The number of rotatable bonds is 4. The molecule has 1 aliphatic heterocycles. The van der Waals surface area contributed by atoms with Gasteiger partial charge in [0.2, 0.25) is 5.88 Å². The van der Waals surface area contributed by atoms with Crippen molar-refractivity contribution >= 4 is 11.7 Å². The quantitative estimate of drug-likeness (QED) is 0.917. The van der Waals surface area contributed by atoms with Gasteiger partial charge >= 0.3 is 6.03 Å². The van der Waals surface area contributed by atoms with Gasteiger partial charge in [0.25, 0.3) is 0 Å². The van der Waals surface area contributed by atoms with E-state index >= 15 is 0 Å². The number of amides is 2. The van der Waals surface area contributed by atoms with Crippen molar-refractivity contribution in [3.05, 3.63) is 18.3 Å². The molecule has 0 bridgehead atoms. The van der Waals surface area contributed by atoms with Crippen molar-refractivity contribution in [2.24, 2.45) is 0 Å². The predicted octanol–water partition coefficient (Wildman–Crippen LogP) is 2.12. The van der Waals surface area contributed by atoms with Gasteiger partial charge in [-0.3, -0.25) is 0 Å². The topological polar surface area (TPSA) is 63.7 Å². The molecule has 0 saturated carbocycles. The van der Waals surface area contributed by atoms with Crippen LogP contribution in [0.1, 0.15) is 19.8 Å². The fourth-order valence-electron chi connectivity index (χ4n) is 2.27. The Morgan fingerprint density at radius 3 is 3.05 bits per heavy atom. The Morgan fingerprint density at radius 1 is 1.55 bits per heavy atom. The second kappa shape index (κ2) is 7.09. The van der Waals surface area contributed by atoms with E-state index in [4.69, 9.17) is 9.47 Å². The van der Waals surface area contributed by atoms with Crippen molar-refractivity contribution in [2.75, 3.05) is 32.1 Å². The lowest BCUT2D eigenvalue weighted by molar-refractivity contribution is 0.0181. The standard InChI is InChI=1S/C14H21N3O3/c1-3-20-12-5-4-8-17(10-12)14(18)16-11-6-7-13(19-2)15-9-11/h6-7,9,12H,3-5,8,10H2,1-2H3,(H,16,18). The van der Waals surface area contributed by atoms with E-state index in [-0.39, 0.29) is 12.1 Å². The highest BCUT2D eigenvalue weighted by molar-refractivity contribution is 5.89. The van der Waals surface area contributed by atoms with Crippen LogP contribution in [-0.2, 0) is 4.74 Å². The highest BCUT2D eigenvalue weighted by Crippen LogP contribution is 2.16. The largest absolute Gasteiger partial charge is 0.481 e. The number of carbonyl (C=O) groups excluding carboxylic acids is 1. The summed E-state index contributed by atoms with van der Waals surface area (Å²) in [6, 6.07) is 3.38. The third kappa shape index (κ3) is 3.84. The maximum atomic E-state index is 12.2. The molecular formula is C14H21N3O3. The van der Waals surface area contributed by atoms with E-state index in [2.05, 4.69) is 10.3 Å². The summed E-state index contributed by atoms with van der Waals surface area (Å²) in [7, 11) is 1.56. The molecule has 0 aromatic carbocycles. The summed E-state index contributed by atoms with van der Waals surface area (Å²) in [5, 5.41) is 2.84. The number of pyridine rings is 1. The summed E-state index contributed by atoms with van der Waals surface area (Å²) >= 11 is 0. The van der Waals surface area contributed by atoms with E-state index in [0.29, 0.717) is 24.7 Å². The summed E-state index contributed by atoms with van der Waals surface area (Å²) in [6.45, 7) is 4.06. The number of anilines is 1. The van der Waals surface area contributed by atoms with Crippen LogP contribution in [0, 0.1) is 0 Å². The van der Waals surface area contributed by atoms with Crippen LogP contribution in [0.25, 0.3) is 0 Å². The normalized spacial score (nSPS) is 18.7. The van der Waals surface area contributed by atoms with Crippen molar-refractivity contribution < 1.29 is 14.3 Å². The molecule has 1 aliphatic rings. The first-order valence-electron chi connectivity index (χ1n) is 6.90. The summed E-state index contributed by atoms with van der Waals surface area (Å²) in [5.41, 5.74) is 0.661. The molecule has 1 unspecified atom stereocenters. The Morgan fingerprint density at radius 2 is 2.40 bits per heavy atom. The molecular weight excluding hydrogens is 258 g/mol. The first-order valence-corrected chi connectivity index (χ1v) is 6.90. The van der Waals surface area contributed by atoms with Crippen LogP contribution >= 0.6 is 0 Å². The van der Waals surface area contributed by atoms with Gasteiger partial charge in [0, 0.05) is 25.8 Å². The van der Waals surface area contributed by atoms with Gasteiger partial charge in [0.15, 0.2) is 0 Å². The Labute approximate surface area is 119 Å². The summed E-state index contributed by atoms with van der Waals surface area (Å²) in [5.74, 6) is 0.525. The molecule has 6 nitrogen and oxygen atoms in total. The molecule has 6 heteroatoms. The molecule has 1 N–H and O–H groups in total. The van der Waals surface area contributed by atoms with Gasteiger partial charge in [-0.05, 0) is 25.8 Å². The second-order valence-corrected chi connectivity index (χ2v) is 4.68. The van der Waals surface area contributed by atoms with Gasteiger partial charge in [-0.15, -0.1) is 0 Å². The number of likely N-dealkylation sites (tertiary alicyclic amines) is 1. The third-order valence-corrected chi connectivity index (χ3v) is 3.26. The van der Waals surface area contributed by atoms with E-state index in [1.165, 1.54) is 0 Å². The predicted molar refractivity (Wildman–Crippen MR) is 76.0 cm³/mol. The minimum absolute atomic E-state index is 0.110. The van der Waals surface area contributed by atoms with E-state index < -0.39 is 0 Å². The molecule has 1 fully saturated rings. The molecule has 2 rings (SSSR count). The lowest BCUT2D eigenvalue weighted by Gasteiger charge is -2.32. The van der Waals surface area contributed by atoms with Crippen molar-refractivity contribution in [3.63, 3.8) is 0 Å². The number of piperidine rings is 1. The van der Waals surface area contributed by atoms with Crippen LogP contribution in [0.2, 0.25) is 0 Å². The minimum Gasteiger partial charge on any atom is -0.481 e. The first kappa shape index (κ1) is 14.6. The molecule has 0 spiro atoms. The molecule has 1 aromatic heterocycles. The average Bonchev–Trinajstić information content (AvgIpc) is 2.48. The number of nitrogens with zero attached hydrogens (tertiary/aromatic N) is 2. The van der Waals surface area contributed by atoms with Gasteiger partial charge in [-0.25, -0.2) is 9.78 Å². The van der Waals surface area contributed by atoms with E-state index in [1.807, 2.05) is 6.92 Å². The number of aromatic nitrogens is 1. The minimum atomic E-state index is -0.110. The number of carbonyl (C=O) groups is 1. The fourth-order valence-corrected chi connectivity index (χ4v) is 2.27. The Balaban J connectivity index is 1.89. The van der Waals surface area contributed by atoms with Crippen molar-refractivity contribution in [1.29, 1.82) is 0 Å². The maximum absolute atomic E-state index is 12.2. The molecule has 110 valence electrons. The zero-order valence-electron chi connectivity index (χ0n) is 12.0. The van der Waals surface area contributed by atoms with Crippen molar-refractivity contribution in [2.45, 2.75) is 25.9 Å². The second-order valence-electron chi connectivity index (χ2n) is 4.68. The smallest absolute Gasteiger partial charge is 0.321 e. The van der Waals surface area contributed by atoms with Crippen LogP contribution in [-0.4, -0.2) is 48.8 Å². The summed E-state index contributed by atoms with van der Waals surface area (Å²) in [6.07, 6.45) is 3.72. The lowest BCUT2D eigenvalue weighted by Crippen LogP contribution is -2.45. The van der Waals surface area contributed by atoms with Crippen LogP contribution in [0.15, 0.2) is 18.3 Å². The molecule has 0 aliphatic carbocycles. The van der Waals surface area contributed by atoms with Gasteiger partial charge < -0.3 is 19.7 Å². The van der Waals surface area contributed by atoms with Crippen molar-refractivity contribution in [3.8, 4) is 5.88 Å². The molecule has 2 heterocycles. The highest BCUT2D eigenvalue weighted by Gasteiger charge is 2.23. The third-order valence-electron chi connectivity index (χ3n) is 3.26. The number of hydrogen-bond donors (Lipinski definition) is 1. The number of ether oxygens (including phenoxy) is 2. The van der Waals surface area contributed by atoms with Gasteiger partial charge in [-0.1, -0.05) is 0 Å². The molecule has 2 amide bonds. The van der Waals surface area contributed by atoms with Gasteiger partial charge in [0.05, 0.1) is 25.1 Å². The monoisotopic (exact) mass is 279 g/mol. The number of methoxy groups -OCH3 is 1. The first-order chi connectivity index (χ1) is 9.72. The zero-order chi connectivity index (χ0) is 14.4. The number of nitrogens with one attached hydrogen (secondary N) is 1. The molecule has 0 radical (unpaired) electrons. The maximum Gasteiger partial charge on any atom is 0.321 e. The molecule has 1 atom stereocenters. The van der Waals surface area contributed by atoms with E-state index in [1.54, 1.807) is 30.3 Å². The van der Waals surface area contributed by atoms with Crippen LogP contribution < -0.4 is 10.1 Å². The van der Waals surface area contributed by atoms with Crippen molar-refractivity contribution in [1.82, 2.24) is 9.88 Å². The Bertz CT molecular complexity index is 434. The summed E-state index contributed by atoms with van der Waals surface area (Å²) in [4.78, 5) is 18.0. The lowest BCUT2D eigenvalue weighted by atomic mass is 10.1. The average molecular weight is 279 g/mol. The highest BCUT2D eigenvalue weighted by atomic mass is 16.5. The van der Waals surface area contributed by atoms with Crippen LogP contribution in [0.4, 0.5) is 10.5 Å². The van der Waals surface area contributed by atoms with Gasteiger partial charge in [0.1, 0.15) is 0 Å². The Hall–Kier alpha value is -1.82. The SMILES string of the molecule is CCOC1CCCN(C(=O)Nc2ccc(OC)nc2)C1. The molecule has 1 saturated heterocycles. The Kier molecular flexibility index (Phi) is 5.17. The van der Waals surface area contributed by atoms with Gasteiger partial charge in [-0.2, -0.15) is 0 Å². The number of hydrogen-bond acceptors (Lipinski definition) is 4.